The molecular formula is C10H10ClN3O. The Bertz CT molecular complexity index is 455. The minimum atomic E-state index is 0.387. The normalized spacial score (nSPS) is 10.3. The first-order chi connectivity index (χ1) is 7.29. The van der Waals surface area contributed by atoms with Crippen LogP contribution in [0.4, 0.5) is 0 Å². The van der Waals surface area contributed by atoms with Crippen LogP contribution in [0.25, 0.3) is 0 Å². The molecule has 0 N–H and O–H groups in total. The first-order valence-electron chi connectivity index (χ1n) is 4.46. The molecule has 0 bridgehead atoms. The summed E-state index contributed by atoms with van der Waals surface area (Å²) < 4.78 is 6.89. The molecule has 0 aliphatic heterocycles. The molecule has 0 unspecified atom stereocenters. The Morgan fingerprint density at radius 3 is 3.00 bits per heavy atom. The topological polar surface area (TPSA) is 39.9 Å². The van der Waals surface area contributed by atoms with E-state index in [-0.39, 0.29) is 0 Å². The second kappa shape index (κ2) is 4.31. The average molecular weight is 224 g/mol. The van der Waals surface area contributed by atoms with E-state index >= 15 is 0 Å². The van der Waals surface area contributed by atoms with Gasteiger partial charge in [0, 0.05) is 0 Å². The Balaban J connectivity index is 2.21. The van der Waals surface area contributed by atoms with Crippen LogP contribution < -0.4 is 4.74 Å². The minimum Gasteiger partial charge on any atom is -0.497 e. The minimum absolute atomic E-state index is 0.387. The number of rotatable bonds is 3. The van der Waals surface area contributed by atoms with Crippen molar-refractivity contribution in [3.05, 3.63) is 41.4 Å². The number of hydrogen-bond donors (Lipinski definition) is 0. The first-order valence-corrected chi connectivity index (χ1v) is 4.83. The number of ether oxygens (including phenoxy) is 1. The molecule has 1 heterocycles. The molecule has 0 radical (unpaired) electrons. The van der Waals surface area contributed by atoms with Gasteiger partial charge in [-0.2, -0.15) is 0 Å². The van der Waals surface area contributed by atoms with Crippen LogP contribution in [0.1, 0.15) is 5.56 Å². The molecule has 0 aliphatic carbocycles. The van der Waals surface area contributed by atoms with Crippen molar-refractivity contribution in [1.82, 2.24) is 14.8 Å². The third-order valence-corrected chi connectivity index (χ3v) is 2.35. The lowest BCUT2D eigenvalue weighted by atomic mass is 10.2. The van der Waals surface area contributed by atoms with E-state index in [4.69, 9.17) is 16.3 Å². The van der Waals surface area contributed by atoms with Crippen molar-refractivity contribution in [3.8, 4) is 5.75 Å². The summed E-state index contributed by atoms with van der Waals surface area (Å²) in [6.07, 6.45) is 1.60. The van der Waals surface area contributed by atoms with Crippen LogP contribution in [-0.4, -0.2) is 21.9 Å². The van der Waals surface area contributed by atoms with Gasteiger partial charge in [0.1, 0.15) is 12.1 Å². The van der Waals surface area contributed by atoms with Gasteiger partial charge < -0.3 is 4.74 Å². The van der Waals surface area contributed by atoms with E-state index in [0.717, 1.165) is 11.3 Å². The van der Waals surface area contributed by atoms with Gasteiger partial charge in [-0.3, -0.25) is 4.57 Å². The fraction of sp³-hybridized carbons (Fsp3) is 0.200. The van der Waals surface area contributed by atoms with E-state index in [1.807, 2.05) is 24.3 Å². The molecule has 2 aromatic rings. The van der Waals surface area contributed by atoms with Gasteiger partial charge in [0.15, 0.2) is 0 Å². The number of hydrogen-bond acceptors (Lipinski definition) is 3. The number of nitrogens with zero attached hydrogens (tertiary/aromatic N) is 3. The Hall–Kier alpha value is -1.55. The second-order valence-electron chi connectivity index (χ2n) is 3.08. The lowest BCUT2D eigenvalue weighted by Crippen LogP contribution is -1.98. The molecule has 78 valence electrons. The number of aromatic nitrogens is 3. The molecule has 0 fully saturated rings. The highest BCUT2D eigenvalue weighted by Gasteiger charge is 2.02. The monoisotopic (exact) mass is 223 g/mol. The Labute approximate surface area is 92.5 Å². The van der Waals surface area contributed by atoms with E-state index in [1.54, 1.807) is 18.0 Å². The summed E-state index contributed by atoms with van der Waals surface area (Å²) in [6, 6.07) is 7.79. The molecule has 0 amide bonds. The molecule has 4 nitrogen and oxygen atoms in total. The third-order valence-electron chi connectivity index (χ3n) is 2.06. The maximum atomic E-state index is 5.82. The fourth-order valence-corrected chi connectivity index (χ4v) is 1.46. The predicted molar refractivity (Wildman–Crippen MR) is 57.1 cm³/mol. The smallest absolute Gasteiger partial charge is 0.225 e. The number of halogens is 1. The molecule has 0 saturated heterocycles. The van der Waals surface area contributed by atoms with Crippen molar-refractivity contribution in [3.63, 3.8) is 0 Å². The van der Waals surface area contributed by atoms with Crippen LogP contribution in [-0.2, 0) is 6.54 Å². The van der Waals surface area contributed by atoms with Crippen molar-refractivity contribution < 1.29 is 4.74 Å². The van der Waals surface area contributed by atoms with Crippen LogP contribution in [0.15, 0.2) is 30.6 Å². The third kappa shape index (κ3) is 2.27. The largest absolute Gasteiger partial charge is 0.497 e. The van der Waals surface area contributed by atoms with Crippen molar-refractivity contribution >= 4 is 11.6 Å². The van der Waals surface area contributed by atoms with Gasteiger partial charge in [-0.1, -0.05) is 12.1 Å². The summed E-state index contributed by atoms with van der Waals surface area (Å²) >= 11 is 5.82. The molecule has 0 spiro atoms. The van der Waals surface area contributed by atoms with Crippen LogP contribution in [0.2, 0.25) is 5.28 Å². The van der Waals surface area contributed by atoms with Crippen LogP contribution >= 0.6 is 11.6 Å². The quantitative estimate of drug-likeness (QED) is 0.799. The molecule has 0 aliphatic rings. The highest BCUT2D eigenvalue weighted by atomic mass is 35.5. The number of benzene rings is 1. The van der Waals surface area contributed by atoms with Crippen molar-refractivity contribution in [2.45, 2.75) is 6.54 Å². The summed E-state index contributed by atoms with van der Waals surface area (Å²) in [4.78, 5) is 0. The molecule has 1 aromatic heterocycles. The van der Waals surface area contributed by atoms with Gasteiger partial charge >= 0.3 is 0 Å². The zero-order valence-electron chi connectivity index (χ0n) is 8.22. The Kier molecular flexibility index (Phi) is 2.87. The standard InChI is InChI=1S/C10H10ClN3O/c1-15-9-4-2-3-8(5-9)6-14-7-12-13-10(14)11/h2-5,7H,6H2,1H3. The van der Waals surface area contributed by atoms with E-state index in [9.17, 15) is 0 Å². The first kappa shape index (κ1) is 9.98. The zero-order chi connectivity index (χ0) is 10.7. The van der Waals surface area contributed by atoms with Gasteiger partial charge in [-0.25, -0.2) is 0 Å². The SMILES string of the molecule is COc1cccc(Cn2cnnc2Cl)c1. The van der Waals surface area contributed by atoms with Crippen molar-refractivity contribution in [2.75, 3.05) is 7.11 Å². The molecule has 1 aromatic carbocycles. The lowest BCUT2D eigenvalue weighted by molar-refractivity contribution is 0.414. The van der Waals surface area contributed by atoms with Gasteiger partial charge in [-0.15, -0.1) is 10.2 Å². The van der Waals surface area contributed by atoms with Crippen LogP contribution in [0, 0.1) is 0 Å². The van der Waals surface area contributed by atoms with Gasteiger partial charge in [0.2, 0.25) is 5.28 Å². The molecule has 15 heavy (non-hydrogen) atoms. The molecule has 2 rings (SSSR count). The predicted octanol–water partition coefficient (Wildman–Crippen LogP) is 1.99. The summed E-state index contributed by atoms with van der Waals surface area (Å²) in [5, 5.41) is 7.80. The highest BCUT2D eigenvalue weighted by Crippen LogP contribution is 2.14. The average Bonchev–Trinajstić information content (AvgIpc) is 2.65. The summed E-state index contributed by atoms with van der Waals surface area (Å²) in [6.45, 7) is 0.642. The summed E-state index contributed by atoms with van der Waals surface area (Å²) in [7, 11) is 1.64. The summed E-state index contributed by atoms with van der Waals surface area (Å²) in [5.41, 5.74) is 1.09. The van der Waals surface area contributed by atoms with Gasteiger partial charge in [0.05, 0.1) is 13.7 Å². The second-order valence-corrected chi connectivity index (χ2v) is 3.42. The zero-order valence-corrected chi connectivity index (χ0v) is 8.98. The maximum Gasteiger partial charge on any atom is 0.225 e. The molecule has 5 heteroatoms. The Morgan fingerprint density at radius 2 is 2.33 bits per heavy atom. The van der Waals surface area contributed by atoms with Crippen LogP contribution in [0.5, 0.6) is 5.75 Å². The van der Waals surface area contributed by atoms with E-state index in [0.29, 0.717) is 11.8 Å². The van der Waals surface area contributed by atoms with Crippen molar-refractivity contribution in [2.24, 2.45) is 0 Å². The number of methoxy groups -OCH3 is 1. The highest BCUT2D eigenvalue weighted by molar-refractivity contribution is 6.28. The maximum absolute atomic E-state index is 5.82. The van der Waals surface area contributed by atoms with Gasteiger partial charge in [-0.05, 0) is 29.3 Å². The van der Waals surface area contributed by atoms with Gasteiger partial charge in [0.25, 0.3) is 0 Å². The van der Waals surface area contributed by atoms with E-state index in [1.165, 1.54) is 0 Å². The van der Waals surface area contributed by atoms with Crippen molar-refractivity contribution in [1.29, 1.82) is 0 Å². The Morgan fingerprint density at radius 1 is 1.47 bits per heavy atom. The van der Waals surface area contributed by atoms with E-state index in [2.05, 4.69) is 10.2 Å². The molecule has 0 saturated carbocycles. The molecule has 0 atom stereocenters. The van der Waals surface area contributed by atoms with Crippen LogP contribution in [0.3, 0.4) is 0 Å². The fourth-order valence-electron chi connectivity index (χ4n) is 1.31. The lowest BCUT2D eigenvalue weighted by Gasteiger charge is -2.05. The summed E-state index contributed by atoms with van der Waals surface area (Å²) in [5.74, 6) is 0.830. The molecular weight excluding hydrogens is 214 g/mol. The van der Waals surface area contributed by atoms with E-state index < -0.39 is 0 Å².